The monoisotopic (exact) mass is 327 g/mol. The van der Waals surface area contributed by atoms with Gasteiger partial charge in [-0.3, -0.25) is 4.68 Å². The molecule has 2 rings (SSSR count). The highest BCUT2D eigenvalue weighted by molar-refractivity contribution is 14.1. The Morgan fingerprint density at radius 3 is 2.62 bits per heavy atom. The van der Waals surface area contributed by atoms with Crippen LogP contribution in [0.1, 0.15) is 5.69 Å². The molecule has 1 aromatic carbocycles. The summed E-state index contributed by atoms with van der Waals surface area (Å²) in [7, 11) is 0. The Balaban J connectivity index is 2.46. The highest BCUT2D eigenvalue weighted by Gasteiger charge is 2.12. The molecule has 0 bridgehead atoms. The van der Waals surface area contributed by atoms with E-state index in [1.807, 2.05) is 22.9 Å². The van der Waals surface area contributed by atoms with Crippen LogP contribution >= 0.6 is 22.6 Å². The third-order valence-electron chi connectivity index (χ3n) is 2.52. The normalized spacial score (nSPS) is 10.7. The molecule has 0 atom stereocenters. The predicted molar refractivity (Wildman–Crippen MR) is 74.2 cm³/mol. The van der Waals surface area contributed by atoms with Crippen molar-refractivity contribution in [3.63, 3.8) is 0 Å². The molecule has 2 aromatic rings. The second kappa shape index (κ2) is 4.97. The lowest BCUT2D eigenvalue weighted by Gasteiger charge is -1.99. The van der Waals surface area contributed by atoms with Crippen molar-refractivity contribution < 1.29 is 0 Å². The van der Waals surface area contributed by atoms with Crippen molar-refractivity contribution in [1.29, 1.82) is 0 Å². The predicted octanol–water partition coefficient (Wildman–Crippen LogP) is 2.42. The molecule has 0 unspecified atom stereocenters. The van der Waals surface area contributed by atoms with E-state index in [0.717, 1.165) is 17.8 Å². The molecule has 0 saturated carbocycles. The van der Waals surface area contributed by atoms with Gasteiger partial charge >= 0.3 is 0 Å². The van der Waals surface area contributed by atoms with Gasteiger partial charge in [0.05, 0.1) is 10.1 Å². The first kappa shape index (κ1) is 11.6. The summed E-state index contributed by atoms with van der Waals surface area (Å²) in [6.45, 7) is 3.47. The van der Waals surface area contributed by atoms with E-state index in [4.69, 9.17) is 5.73 Å². The number of benzene rings is 1. The van der Waals surface area contributed by atoms with Crippen LogP contribution in [-0.4, -0.2) is 16.3 Å². The average molecular weight is 327 g/mol. The van der Waals surface area contributed by atoms with Crippen LogP contribution in [0.25, 0.3) is 11.3 Å². The minimum absolute atomic E-state index is 0.618. The molecule has 2 N–H and O–H groups in total. The highest BCUT2D eigenvalue weighted by atomic mass is 127. The van der Waals surface area contributed by atoms with E-state index >= 15 is 0 Å². The Morgan fingerprint density at radius 2 is 2.00 bits per heavy atom. The maximum Gasteiger partial charge on any atom is 0.106 e. The van der Waals surface area contributed by atoms with E-state index in [2.05, 4.69) is 46.7 Å². The molecule has 0 fully saturated rings. The first-order valence-corrected chi connectivity index (χ1v) is 6.30. The number of nitrogens with two attached hydrogens (primary N) is 1. The number of hydrogen-bond acceptors (Lipinski definition) is 2. The fourth-order valence-electron chi connectivity index (χ4n) is 1.64. The van der Waals surface area contributed by atoms with Gasteiger partial charge in [0.2, 0.25) is 0 Å². The van der Waals surface area contributed by atoms with Crippen LogP contribution in [0.15, 0.2) is 30.3 Å². The zero-order valence-corrected chi connectivity index (χ0v) is 11.3. The molecule has 3 nitrogen and oxygen atoms in total. The maximum absolute atomic E-state index is 5.56. The summed E-state index contributed by atoms with van der Waals surface area (Å²) in [5, 5.41) is 4.60. The molecule has 0 spiro atoms. The number of hydrogen-bond donors (Lipinski definition) is 1. The molecule has 1 aromatic heterocycles. The van der Waals surface area contributed by atoms with Gasteiger partial charge in [-0.25, -0.2) is 0 Å². The van der Waals surface area contributed by atoms with Crippen molar-refractivity contribution in [1.82, 2.24) is 9.78 Å². The van der Waals surface area contributed by atoms with Gasteiger partial charge < -0.3 is 5.73 Å². The van der Waals surface area contributed by atoms with E-state index in [0.29, 0.717) is 6.54 Å². The van der Waals surface area contributed by atoms with Crippen molar-refractivity contribution in [2.45, 2.75) is 13.5 Å². The lowest BCUT2D eigenvalue weighted by atomic mass is 10.1. The minimum Gasteiger partial charge on any atom is -0.329 e. The Hall–Kier alpha value is -0.880. The van der Waals surface area contributed by atoms with Gasteiger partial charge in [-0.05, 0) is 29.5 Å². The fraction of sp³-hybridized carbons (Fsp3) is 0.250. The van der Waals surface area contributed by atoms with E-state index in [1.165, 1.54) is 9.26 Å². The van der Waals surface area contributed by atoms with Crippen molar-refractivity contribution in [3.05, 3.63) is 39.6 Å². The van der Waals surface area contributed by atoms with Gasteiger partial charge in [-0.15, -0.1) is 0 Å². The second-order valence-corrected chi connectivity index (χ2v) is 4.70. The summed E-state index contributed by atoms with van der Waals surface area (Å²) >= 11 is 2.34. The highest BCUT2D eigenvalue weighted by Crippen LogP contribution is 2.26. The van der Waals surface area contributed by atoms with Gasteiger partial charge in [-0.2, -0.15) is 5.10 Å². The molecule has 0 aliphatic rings. The van der Waals surface area contributed by atoms with Crippen LogP contribution in [-0.2, 0) is 6.54 Å². The van der Waals surface area contributed by atoms with Crippen LogP contribution in [0.5, 0.6) is 0 Å². The smallest absolute Gasteiger partial charge is 0.106 e. The molecule has 0 aliphatic carbocycles. The van der Waals surface area contributed by atoms with Crippen LogP contribution in [0.2, 0.25) is 0 Å². The largest absolute Gasteiger partial charge is 0.329 e. The van der Waals surface area contributed by atoms with Gasteiger partial charge in [0.15, 0.2) is 0 Å². The van der Waals surface area contributed by atoms with E-state index in [1.54, 1.807) is 0 Å². The maximum atomic E-state index is 5.56. The quantitative estimate of drug-likeness (QED) is 0.880. The van der Waals surface area contributed by atoms with Crippen LogP contribution in [0, 0.1) is 10.5 Å². The molecule has 16 heavy (non-hydrogen) atoms. The van der Waals surface area contributed by atoms with Crippen molar-refractivity contribution in [2.24, 2.45) is 5.73 Å². The zero-order chi connectivity index (χ0) is 11.5. The summed E-state index contributed by atoms with van der Waals surface area (Å²) in [4.78, 5) is 0. The standard InChI is InChI=1S/C12H14IN3/c1-9-11(13)12(15-16(9)8-7-14)10-5-3-2-4-6-10/h2-6H,7-8,14H2,1H3. The summed E-state index contributed by atoms with van der Waals surface area (Å²) in [6, 6.07) is 10.2. The zero-order valence-electron chi connectivity index (χ0n) is 9.15. The first-order valence-electron chi connectivity index (χ1n) is 5.22. The summed E-state index contributed by atoms with van der Waals surface area (Å²) in [5.41, 5.74) is 8.96. The molecule has 4 heteroatoms. The molecule has 1 heterocycles. The van der Waals surface area contributed by atoms with Gasteiger partial charge in [0, 0.05) is 17.8 Å². The number of rotatable bonds is 3. The van der Waals surface area contributed by atoms with Crippen molar-refractivity contribution in [3.8, 4) is 11.3 Å². The summed E-state index contributed by atoms with van der Waals surface area (Å²) in [6.07, 6.45) is 0. The Kier molecular flexibility index (Phi) is 3.60. The van der Waals surface area contributed by atoms with Crippen molar-refractivity contribution >= 4 is 22.6 Å². The van der Waals surface area contributed by atoms with Crippen LogP contribution in [0.4, 0.5) is 0 Å². The number of halogens is 1. The third-order valence-corrected chi connectivity index (χ3v) is 3.81. The van der Waals surface area contributed by atoms with Crippen LogP contribution in [0.3, 0.4) is 0 Å². The van der Waals surface area contributed by atoms with Crippen molar-refractivity contribution in [2.75, 3.05) is 6.54 Å². The number of aromatic nitrogens is 2. The van der Waals surface area contributed by atoms with E-state index in [9.17, 15) is 0 Å². The third kappa shape index (κ3) is 2.12. The van der Waals surface area contributed by atoms with E-state index in [-0.39, 0.29) is 0 Å². The fourth-order valence-corrected chi connectivity index (χ4v) is 2.34. The SMILES string of the molecule is Cc1c(I)c(-c2ccccc2)nn1CCN. The Labute approximate surface area is 109 Å². The Morgan fingerprint density at radius 1 is 1.31 bits per heavy atom. The Bertz CT molecular complexity index is 477. The molecule has 84 valence electrons. The lowest BCUT2D eigenvalue weighted by Crippen LogP contribution is -2.12. The van der Waals surface area contributed by atoms with Gasteiger partial charge in [0.25, 0.3) is 0 Å². The number of nitrogens with zero attached hydrogens (tertiary/aromatic N) is 2. The molecule has 0 aliphatic heterocycles. The molecular weight excluding hydrogens is 313 g/mol. The van der Waals surface area contributed by atoms with Gasteiger partial charge in [-0.1, -0.05) is 30.3 Å². The second-order valence-electron chi connectivity index (χ2n) is 3.63. The lowest BCUT2D eigenvalue weighted by molar-refractivity contribution is 0.609. The van der Waals surface area contributed by atoms with E-state index < -0.39 is 0 Å². The van der Waals surface area contributed by atoms with Crippen LogP contribution < -0.4 is 5.73 Å². The minimum atomic E-state index is 0.618. The molecular formula is C12H14IN3. The summed E-state index contributed by atoms with van der Waals surface area (Å²) < 4.78 is 3.18. The molecule has 0 radical (unpaired) electrons. The average Bonchev–Trinajstić information content (AvgIpc) is 2.59. The molecule has 0 saturated heterocycles. The molecule has 0 amide bonds. The topological polar surface area (TPSA) is 43.8 Å². The summed E-state index contributed by atoms with van der Waals surface area (Å²) in [5.74, 6) is 0. The van der Waals surface area contributed by atoms with Gasteiger partial charge in [0.1, 0.15) is 5.69 Å². The first-order chi connectivity index (χ1) is 7.74.